The van der Waals surface area contributed by atoms with Crippen LogP contribution in [0.1, 0.15) is 18.9 Å². The van der Waals surface area contributed by atoms with Gasteiger partial charge in [-0.05, 0) is 25.0 Å². The Balaban J connectivity index is 1.86. The van der Waals surface area contributed by atoms with Gasteiger partial charge in [0, 0.05) is 43.9 Å². The average Bonchev–Trinajstić information content (AvgIpc) is 3.08. The van der Waals surface area contributed by atoms with Crippen molar-refractivity contribution in [3.05, 3.63) is 46.8 Å². The van der Waals surface area contributed by atoms with Crippen molar-refractivity contribution in [3.8, 4) is 0 Å². The van der Waals surface area contributed by atoms with Crippen molar-refractivity contribution in [1.29, 1.82) is 0 Å². The summed E-state index contributed by atoms with van der Waals surface area (Å²) in [6, 6.07) is 6.19. The molecule has 1 saturated heterocycles. The average molecular weight is 350 g/mol. The molecule has 24 heavy (non-hydrogen) atoms. The van der Waals surface area contributed by atoms with Gasteiger partial charge in [0.1, 0.15) is 0 Å². The van der Waals surface area contributed by atoms with Crippen LogP contribution in [0.3, 0.4) is 0 Å². The minimum Gasteiger partial charge on any atom is -0.370 e. The standard InChI is InChI=1S/C15H18N4O4S/c1-24(22,23)15-11-13(19(20)21)3-4-14(15)17-9-5-12(6-10-17)18-8-2-7-16-18/h2-4,7-8,11-12H,5-6,9-10H2,1H3. The van der Waals surface area contributed by atoms with Crippen LogP contribution in [0.5, 0.6) is 0 Å². The lowest BCUT2D eigenvalue weighted by atomic mass is 10.0. The molecule has 1 aliphatic heterocycles. The van der Waals surface area contributed by atoms with Crippen molar-refractivity contribution < 1.29 is 13.3 Å². The van der Waals surface area contributed by atoms with E-state index < -0.39 is 14.8 Å². The molecule has 8 nitrogen and oxygen atoms in total. The third-order valence-electron chi connectivity index (χ3n) is 4.26. The number of hydrogen-bond donors (Lipinski definition) is 0. The number of piperidine rings is 1. The number of sulfone groups is 1. The first-order valence-corrected chi connectivity index (χ1v) is 9.48. The molecular weight excluding hydrogens is 332 g/mol. The Morgan fingerprint density at radius 3 is 2.54 bits per heavy atom. The first kappa shape index (κ1) is 16.4. The third-order valence-corrected chi connectivity index (χ3v) is 5.38. The summed E-state index contributed by atoms with van der Waals surface area (Å²) in [5.41, 5.74) is 0.313. The van der Waals surface area contributed by atoms with Crippen molar-refractivity contribution >= 4 is 21.2 Å². The van der Waals surface area contributed by atoms with E-state index in [1.165, 1.54) is 12.1 Å². The van der Waals surface area contributed by atoms with Gasteiger partial charge < -0.3 is 4.90 Å². The van der Waals surface area contributed by atoms with Gasteiger partial charge >= 0.3 is 0 Å². The normalized spacial score (nSPS) is 16.3. The Labute approximate surface area is 139 Å². The number of anilines is 1. The molecule has 2 heterocycles. The van der Waals surface area contributed by atoms with Crippen LogP contribution in [0.25, 0.3) is 0 Å². The second-order valence-electron chi connectivity index (χ2n) is 5.89. The van der Waals surface area contributed by atoms with E-state index in [4.69, 9.17) is 0 Å². The van der Waals surface area contributed by atoms with Gasteiger partial charge in [-0.2, -0.15) is 5.10 Å². The van der Waals surface area contributed by atoms with Crippen LogP contribution in [0.15, 0.2) is 41.6 Å². The van der Waals surface area contributed by atoms with E-state index in [1.807, 2.05) is 21.8 Å². The molecule has 0 radical (unpaired) electrons. The Hall–Kier alpha value is -2.42. The maximum atomic E-state index is 12.1. The molecule has 0 unspecified atom stereocenters. The highest BCUT2D eigenvalue weighted by Crippen LogP contribution is 2.33. The van der Waals surface area contributed by atoms with E-state index in [0.717, 1.165) is 25.2 Å². The predicted octanol–water partition coefficient (Wildman–Crippen LogP) is 2.04. The van der Waals surface area contributed by atoms with E-state index in [-0.39, 0.29) is 16.6 Å². The van der Waals surface area contributed by atoms with Crippen LogP contribution in [-0.2, 0) is 9.84 Å². The highest BCUT2D eigenvalue weighted by Gasteiger charge is 2.26. The number of non-ortho nitro benzene ring substituents is 1. The van der Waals surface area contributed by atoms with E-state index in [9.17, 15) is 18.5 Å². The minimum atomic E-state index is -3.56. The number of rotatable bonds is 4. The second-order valence-corrected chi connectivity index (χ2v) is 7.87. The number of hydrogen-bond acceptors (Lipinski definition) is 6. The number of nitro groups is 1. The largest absolute Gasteiger partial charge is 0.370 e. The van der Waals surface area contributed by atoms with Crippen LogP contribution in [-0.4, -0.2) is 42.5 Å². The van der Waals surface area contributed by atoms with Crippen LogP contribution in [0.2, 0.25) is 0 Å². The highest BCUT2D eigenvalue weighted by molar-refractivity contribution is 7.90. The highest BCUT2D eigenvalue weighted by atomic mass is 32.2. The topological polar surface area (TPSA) is 98.3 Å². The molecule has 0 atom stereocenters. The first-order chi connectivity index (χ1) is 11.4. The Bertz CT molecular complexity index is 840. The summed E-state index contributed by atoms with van der Waals surface area (Å²) in [6.07, 6.45) is 6.41. The molecule has 2 aromatic rings. The summed E-state index contributed by atoms with van der Waals surface area (Å²) in [4.78, 5) is 12.3. The molecule has 1 fully saturated rings. The van der Waals surface area contributed by atoms with Crippen LogP contribution >= 0.6 is 0 Å². The molecule has 0 bridgehead atoms. The summed E-state index contributed by atoms with van der Waals surface area (Å²) < 4.78 is 26.0. The zero-order valence-corrected chi connectivity index (χ0v) is 14.0. The van der Waals surface area contributed by atoms with Gasteiger partial charge in [0.05, 0.1) is 21.5 Å². The lowest BCUT2D eigenvalue weighted by molar-refractivity contribution is -0.385. The van der Waals surface area contributed by atoms with Gasteiger partial charge in [-0.15, -0.1) is 0 Å². The van der Waals surface area contributed by atoms with Gasteiger partial charge in [-0.1, -0.05) is 0 Å². The lowest BCUT2D eigenvalue weighted by Crippen LogP contribution is -2.35. The maximum Gasteiger partial charge on any atom is 0.270 e. The molecular formula is C15H18N4O4S. The number of aromatic nitrogens is 2. The van der Waals surface area contributed by atoms with E-state index in [0.29, 0.717) is 18.8 Å². The second kappa shape index (κ2) is 6.23. The lowest BCUT2D eigenvalue weighted by Gasteiger charge is -2.34. The molecule has 1 aromatic carbocycles. The molecule has 3 rings (SSSR count). The smallest absolute Gasteiger partial charge is 0.270 e. The SMILES string of the molecule is CS(=O)(=O)c1cc([N+](=O)[O-])ccc1N1CCC(n2cccn2)CC1. The molecule has 0 spiro atoms. The fourth-order valence-corrected chi connectivity index (χ4v) is 3.95. The predicted molar refractivity (Wildman–Crippen MR) is 88.9 cm³/mol. The van der Waals surface area contributed by atoms with Crippen molar-refractivity contribution in [3.63, 3.8) is 0 Å². The van der Waals surface area contributed by atoms with Crippen molar-refractivity contribution in [2.45, 2.75) is 23.8 Å². The molecule has 0 amide bonds. The quantitative estimate of drug-likeness (QED) is 0.618. The fourth-order valence-electron chi connectivity index (χ4n) is 3.04. The summed E-state index contributed by atoms with van der Waals surface area (Å²) in [5, 5.41) is 15.2. The van der Waals surface area contributed by atoms with Gasteiger partial charge in [0.15, 0.2) is 9.84 Å². The van der Waals surface area contributed by atoms with E-state index in [1.54, 1.807) is 6.20 Å². The third kappa shape index (κ3) is 3.25. The molecule has 0 N–H and O–H groups in total. The monoisotopic (exact) mass is 350 g/mol. The molecule has 0 saturated carbocycles. The zero-order chi connectivity index (χ0) is 17.3. The molecule has 1 aliphatic rings. The molecule has 9 heteroatoms. The van der Waals surface area contributed by atoms with Gasteiger partial charge in [0.25, 0.3) is 5.69 Å². The van der Waals surface area contributed by atoms with Gasteiger partial charge in [0.2, 0.25) is 0 Å². The van der Waals surface area contributed by atoms with Crippen molar-refractivity contribution in [2.24, 2.45) is 0 Å². The summed E-state index contributed by atoms with van der Waals surface area (Å²) >= 11 is 0. The fraction of sp³-hybridized carbons (Fsp3) is 0.400. The minimum absolute atomic E-state index is 0.00855. The number of nitro benzene ring substituents is 1. The van der Waals surface area contributed by atoms with Crippen LogP contribution < -0.4 is 4.90 Å². The zero-order valence-electron chi connectivity index (χ0n) is 13.2. The first-order valence-electron chi connectivity index (χ1n) is 7.59. The number of nitrogens with zero attached hydrogens (tertiary/aromatic N) is 4. The van der Waals surface area contributed by atoms with Crippen molar-refractivity contribution in [1.82, 2.24) is 9.78 Å². The number of benzene rings is 1. The molecule has 128 valence electrons. The Morgan fingerprint density at radius 2 is 2.00 bits per heavy atom. The summed E-state index contributed by atoms with van der Waals surface area (Å²) in [7, 11) is -3.56. The molecule has 1 aromatic heterocycles. The van der Waals surface area contributed by atoms with Crippen molar-refractivity contribution in [2.75, 3.05) is 24.2 Å². The Morgan fingerprint density at radius 1 is 1.29 bits per heavy atom. The Kier molecular flexibility index (Phi) is 4.27. The molecule has 0 aliphatic carbocycles. The summed E-state index contributed by atoms with van der Waals surface area (Å²) in [6.45, 7) is 1.34. The summed E-state index contributed by atoms with van der Waals surface area (Å²) in [5.74, 6) is 0. The van der Waals surface area contributed by atoms with Crippen LogP contribution in [0, 0.1) is 10.1 Å². The van der Waals surface area contributed by atoms with Gasteiger partial charge in [-0.3, -0.25) is 14.8 Å². The van der Waals surface area contributed by atoms with Crippen LogP contribution in [0.4, 0.5) is 11.4 Å². The van der Waals surface area contributed by atoms with E-state index in [2.05, 4.69) is 5.10 Å². The van der Waals surface area contributed by atoms with Gasteiger partial charge in [-0.25, -0.2) is 8.42 Å². The maximum absolute atomic E-state index is 12.1. The van der Waals surface area contributed by atoms with E-state index >= 15 is 0 Å².